The highest BCUT2D eigenvalue weighted by Crippen LogP contribution is 2.16. The lowest BCUT2D eigenvalue weighted by atomic mass is 10.1. The number of aryl methyl sites for hydroxylation is 1. The molecule has 160 valence electrons. The molecule has 0 saturated carbocycles. The van der Waals surface area contributed by atoms with E-state index in [1.807, 2.05) is 31.2 Å². The third kappa shape index (κ3) is 6.75. The summed E-state index contributed by atoms with van der Waals surface area (Å²) in [5.74, 6) is -0.719. The van der Waals surface area contributed by atoms with Crippen LogP contribution in [-0.4, -0.2) is 22.8 Å². The maximum absolute atomic E-state index is 12.3. The summed E-state index contributed by atoms with van der Waals surface area (Å²) in [6.07, 6.45) is 0.155. The number of nitrogens with one attached hydrogen (secondary N) is 2. The Morgan fingerprint density at radius 1 is 1.06 bits per heavy atom. The summed E-state index contributed by atoms with van der Waals surface area (Å²) in [4.78, 5) is 39.8. The van der Waals surface area contributed by atoms with Gasteiger partial charge >= 0.3 is 5.97 Å². The van der Waals surface area contributed by atoms with Crippen LogP contribution in [0.5, 0.6) is 0 Å². The SMILES string of the molecule is CC(=O)NCc1ccc(C(=O)OCc2csc(CC(=O)Nc3ccccc3C)n2)cc1. The Kier molecular flexibility index (Phi) is 7.50. The third-order valence-electron chi connectivity index (χ3n) is 4.41. The highest BCUT2D eigenvalue weighted by atomic mass is 32.1. The minimum atomic E-state index is -0.460. The first-order valence-corrected chi connectivity index (χ1v) is 10.6. The number of ether oxygens (including phenoxy) is 1. The number of amides is 2. The van der Waals surface area contributed by atoms with E-state index in [4.69, 9.17) is 4.74 Å². The molecule has 3 rings (SSSR count). The third-order valence-corrected chi connectivity index (χ3v) is 5.31. The summed E-state index contributed by atoms with van der Waals surface area (Å²) < 4.78 is 5.32. The molecule has 7 nitrogen and oxygen atoms in total. The van der Waals surface area contributed by atoms with Gasteiger partial charge in [-0.2, -0.15) is 0 Å². The molecule has 0 radical (unpaired) electrons. The minimum Gasteiger partial charge on any atom is -0.456 e. The Morgan fingerprint density at radius 2 is 1.81 bits per heavy atom. The number of thiazole rings is 1. The largest absolute Gasteiger partial charge is 0.456 e. The predicted octanol–water partition coefficient (Wildman–Crippen LogP) is 3.63. The fourth-order valence-electron chi connectivity index (χ4n) is 2.75. The predicted molar refractivity (Wildman–Crippen MR) is 119 cm³/mol. The maximum Gasteiger partial charge on any atom is 0.338 e. The monoisotopic (exact) mass is 437 g/mol. The van der Waals surface area contributed by atoms with Gasteiger partial charge in [0, 0.05) is 24.5 Å². The summed E-state index contributed by atoms with van der Waals surface area (Å²) in [7, 11) is 0. The van der Waals surface area contributed by atoms with Crippen LogP contribution < -0.4 is 10.6 Å². The molecule has 2 N–H and O–H groups in total. The Labute approximate surface area is 184 Å². The molecule has 3 aromatic rings. The van der Waals surface area contributed by atoms with Crippen molar-refractivity contribution in [3.05, 3.63) is 81.3 Å². The lowest BCUT2D eigenvalue weighted by molar-refractivity contribution is -0.119. The Morgan fingerprint density at radius 3 is 2.52 bits per heavy atom. The number of rotatable bonds is 8. The van der Waals surface area contributed by atoms with Gasteiger partial charge in [-0.1, -0.05) is 30.3 Å². The first kappa shape index (κ1) is 22.2. The van der Waals surface area contributed by atoms with Crippen molar-refractivity contribution in [3.8, 4) is 0 Å². The van der Waals surface area contributed by atoms with Crippen LogP contribution in [0.2, 0.25) is 0 Å². The number of anilines is 1. The van der Waals surface area contributed by atoms with Gasteiger partial charge in [-0.25, -0.2) is 9.78 Å². The second-order valence-corrected chi connectivity index (χ2v) is 7.90. The molecule has 0 aliphatic heterocycles. The minimum absolute atomic E-state index is 0.0301. The zero-order valence-electron chi connectivity index (χ0n) is 17.3. The fourth-order valence-corrected chi connectivity index (χ4v) is 3.53. The summed E-state index contributed by atoms with van der Waals surface area (Å²) in [6.45, 7) is 3.82. The lowest BCUT2D eigenvalue weighted by Crippen LogP contribution is -2.18. The van der Waals surface area contributed by atoms with Crippen LogP contribution in [-0.2, 0) is 33.9 Å². The first-order valence-electron chi connectivity index (χ1n) is 9.70. The van der Waals surface area contributed by atoms with Crippen molar-refractivity contribution in [2.45, 2.75) is 33.4 Å². The second kappa shape index (κ2) is 10.5. The number of para-hydroxylation sites is 1. The summed E-state index contributed by atoms with van der Waals surface area (Å²) in [5.41, 5.74) is 3.67. The van der Waals surface area contributed by atoms with E-state index in [9.17, 15) is 14.4 Å². The topological polar surface area (TPSA) is 97.4 Å². The van der Waals surface area contributed by atoms with Crippen molar-refractivity contribution >= 4 is 34.8 Å². The van der Waals surface area contributed by atoms with Gasteiger partial charge < -0.3 is 15.4 Å². The number of hydrogen-bond donors (Lipinski definition) is 2. The van der Waals surface area contributed by atoms with Crippen LogP contribution in [0.15, 0.2) is 53.9 Å². The molecule has 1 heterocycles. The van der Waals surface area contributed by atoms with Crippen molar-refractivity contribution in [1.29, 1.82) is 0 Å². The van der Waals surface area contributed by atoms with E-state index < -0.39 is 5.97 Å². The molecule has 0 atom stereocenters. The van der Waals surface area contributed by atoms with E-state index in [0.29, 0.717) is 22.8 Å². The molecule has 31 heavy (non-hydrogen) atoms. The van der Waals surface area contributed by atoms with Crippen molar-refractivity contribution in [3.63, 3.8) is 0 Å². The van der Waals surface area contributed by atoms with E-state index >= 15 is 0 Å². The number of nitrogens with zero attached hydrogens (tertiary/aromatic N) is 1. The number of carbonyl (C=O) groups is 3. The number of carbonyl (C=O) groups excluding carboxylic acids is 3. The van der Waals surface area contributed by atoms with Crippen LogP contribution in [0.3, 0.4) is 0 Å². The van der Waals surface area contributed by atoms with E-state index in [1.165, 1.54) is 18.3 Å². The quantitative estimate of drug-likeness (QED) is 0.525. The van der Waals surface area contributed by atoms with E-state index in [0.717, 1.165) is 16.8 Å². The average Bonchev–Trinajstić information content (AvgIpc) is 3.19. The number of esters is 1. The molecule has 0 fully saturated rings. The van der Waals surface area contributed by atoms with E-state index in [1.54, 1.807) is 29.6 Å². The molecular weight excluding hydrogens is 414 g/mol. The Bertz CT molecular complexity index is 1080. The Balaban J connectivity index is 1.48. The molecule has 0 unspecified atom stereocenters. The van der Waals surface area contributed by atoms with Crippen LogP contribution in [0.1, 0.15) is 39.1 Å². The van der Waals surface area contributed by atoms with E-state index in [2.05, 4.69) is 15.6 Å². The molecule has 0 aliphatic carbocycles. The summed E-state index contributed by atoms with van der Waals surface area (Å²) in [6, 6.07) is 14.4. The van der Waals surface area contributed by atoms with Crippen molar-refractivity contribution in [1.82, 2.24) is 10.3 Å². The van der Waals surface area contributed by atoms with Crippen LogP contribution in [0, 0.1) is 6.92 Å². The highest BCUT2D eigenvalue weighted by Gasteiger charge is 2.12. The molecule has 2 amide bonds. The summed E-state index contributed by atoms with van der Waals surface area (Å²) >= 11 is 1.35. The van der Waals surface area contributed by atoms with Gasteiger partial charge in [-0.15, -0.1) is 11.3 Å². The van der Waals surface area contributed by atoms with Gasteiger partial charge in [-0.3, -0.25) is 9.59 Å². The maximum atomic E-state index is 12.3. The van der Waals surface area contributed by atoms with Crippen molar-refractivity contribution < 1.29 is 19.1 Å². The standard InChI is InChI=1S/C23H23N3O4S/c1-15-5-3-4-6-20(15)26-21(28)11-22-25-19(14-31-22)13-30-23(29)18-9-7-17(8-10-18)12-24-16(2)27/h3-10,14H,11-13H2,1-2H3,(H,24,27)(H,26,28). The molecule has 1 aromatic heterocycles. The zero-order chi connectivity index (χ0) is 22.2. The Hall–Kier alpha value is -3.52. The van der Waals surface area contributed by atoms with Gasteiger partial charge in [0.1, 0.15) is 11.6 Å². The normalized spacial score (nSPS) is 10.4. The van der Waals surface area contributed by atoms with Gasteiger partial charge in [0.05, 0.1) is 17.7 Å². The van der Waals surface area contributed by atoms with Gasteiger partial charge in [0.15, 0.2) is 0 Å². The average molecular weight is 438 g/mol. The van der Waals surface area contributed by atoms with Gasteiger partial charge in [-0.05, 0) is 36.2 Å². The first-order chi connectivity index (χ1) is 14.9. The highest BCUT2D eigenvalue weighted by molar-refractivity contribution is 7.09. The van der Waals surface area contributed by atoms with Crippen molar-refractivity contribution in [2.24, 2.45) is 0 Å². The van der Waals surface area contributed by atoms with Gasteiger partial charge in [0.2, 0.25) is 11.8 Å². The van der Waals surface area contributed by atoms with Crippen LogP contribution >= 0.6 is 11.3 Å². The lowest BCUT2D eigenvalue weighted by Gasteiger charge is -2.07. The molecule has 0 aliphatic rings. The number of hydrogen-bond acceptors (Lipinski definition) is 6. The smallest absolute Gasteiger partial charge is 0.338 e. The number of benzene rings is 2. The van der Waals surface area contributed by atoms with Crippen LogP contribution in [0.4, 0.5) is 5.69 Å². The molecule has 2 aromatic carbocycles. The second-order valence-electron chi connectivity index (χ2n) is 6.96. The summed E-state index contributed by atoms with van der Waals surface area (Å²) in [5, 5.41) is 8.01. The molecule has 0 saturated heterocycles. The molecule has 0 bridgehead atoms. The molecule has 8 heteroatoms. The van der Waals surface area contributed by atoms with Gasteiger partial charge in [0.25, 0.3) is 0 Å². The number of aromatic nitrogens is 1. The van der Waals surface area contributed by atoms with E-state index in [-0.39, 0.29) is 24.8 Å². The zero-order valence-corrected chi connectivity index (χ0v) is 18.1. The van der Waals surface area contributed by atoms with Crippen molar-refractivity contribution in [2.75, 3.05) is 5.32 Å². The van der Waals surface area contributed by atoms with Crippen LogP contribution in [0.25, 0.3) is 0 Å². The molecule has 0 spiro atoms. The fraction of sp³-hybridized carbons (Fsp3) is 0.217. The molecular formula is C23H23N3O4S.